The van der Waals surface area contributed by atoms with Crippen molar-refractivity contribution in [2.24, 2.45) is 0 Å². The van der Waals surface area contributed by atoms with Gasteiger partial charge in [-0.1, -0.05) is 18.2 Å². The molecule has 1 aromatic carbocycles. The number of aliphatic hydroxyl groups is 1. The lowest BCUT2D eigenvalue weighted by atomic mass is 10.2. The molecular formula is C16H17N3O2S. The molecule has 2 rings (SSSR count). The predicted octanol–water partition coefficient (Wildman–Crippen LogP) is 2.45. The first-order valence-corrected chi connectivity index (χ1v) is 7.73. The van der Waals surface area contributed by atoms with E-state index in [2.05, 4.69) is 5.32 Å². The summed E-state index contributed by atoms with van der Waals surface area (Å²) in [5, 5.41) is 23.6. The van der Waals surface area contributed by atoms with Crippen molar-refractivity contribution >= 4 is 27.9 Å². The van der Waals surface area contributed by atoms with Crippen LogP contribution in [0.15, 0.2) is 41.8 Å². The Bertz CT molecular complexity index is 662. The summed E-state index contributed by atoms with van der Waals surface area (Å²) in [4.78, 5) is 14.0. The molecule has 0 saturated heterocycles. The Balaban J connectivity index is 2.07. The SMILES string of the molecule is CC(O)CN(CC(=O)Nc1sccc1C#N)c1ccccc1. The summed E-state index contributed by atoms with van der Waals surface area (Å²) < 4.78 is 0. The van der Waals surface area contributed by atoms with Crippen LogP contribution >= 0.6 is 11.3 Å². The molecule has 1 atom stereocenters. The number of benzene rings is 1. The minimum atomic E-state index is -0.551. The molecule has 1 unspecified atom stereocenters. The fourth-order valence-corrected chi connectivity index (χ4v) is 2.81. The number of hydrogen-bond acceptors (Lipinski definition) is 5. The van der Waals surface area contributed by atoms with Crippen LogP contribution in [0.1, 0.15) is 12.5 Å². The number of carbonyl (C=O) groups is 1. The first kappa shape index (κ1) is 16.0. The molecular weight excluding hydrogens is 298 g/mol. The summed E-state index contributed by atoms with van der Waals surface area (Å²) >= 11 is 1.32. The number of thiophene rings is 1. The van der Waals surface area contributed by atoms with Crippen molar-refractivity contribution in [1.82, 2.24) is 0 Å². The molecule has 0 fully saturated rings. The number of para-hydroxylation sites is 1. The molecule has 0 aliphatic rings. The Labute approximate surface area is 133 Å². The smallest absolute Gasteiger partial charge is 0.244 e. The largest absolute Gasteiger partial charge is 0.392 e. The molecule has 114 valence electrons. The summed E-state index contributed by atoms with van der Waals surface area (Å²) in [6.07, 6.45) is -0.551. The highest BCUT2D eigenvalue weighted by molar-refractivity contribution is 7.14. The van der Waals surface area contributed by atoms with Gasteiger partial charge in [-0.2, -0.15) is 5.26 Å². The van der Waals surface area contributed by atoms with Crippen molar-refractivity contribution in [3.05, 3.63) is 47.3 Å². The van der Waals surface area contributed by atoms with Crippen LogP contribution in [0.4, 0.5) is 10.7 Å². The highest BCUT2D eigenvalue weighted by Crippen LogP contribution is 2.22. The van der Waals surface area contributed by atoms with E-state index in [-0.39, 0.29) is 12.5 Å². The number of nitrogens with zero attached hydrogens (tertiary/aromatic N) is 2. The third-order valence-corrected chi connectivity index (χ3v) is 3.81. The maximum atomic E-state index is 12.2. The summed E-state index contributed by atoms with van der Waals surface area (Å²) in [5.74, 6) is -0.219. The molecule has 1 amide bonds. The highest BCUT2D eigenvalue weighted by atomic mass is 32.1. The third kappa shape index (κ3) is 4.32. The van der Waals surface area contributed by atoms with E-state index in [9.17, 15) is 9.90 Å². The Kier molecular flexibility index (Phi) is 5.53. The third-order valence-electron chi connectivity index (χ3n) is 2.98. The number of anilines is 2. The van der Waals surface area contributed by atoms with Crippen LogP contribution in [0.5, 0.6) is 0 Å². The minimum absolute atomic E-state index is 0.109. The summed E-state index contributed by atoms with van der Waals surface area (Å²) in [7, 11) is 0. The maximum absolute atomic E-state index is 12.2. The Morgan fingerprint density at radius 1 is 1.41 bits per heavy atom. The topological polar surface area (TPSA) is 76.4 Å². The predicted molar refractivity (Wildman–Crippen MR) is 88.0 cm³/mol. The lowest BCUT2D eigenvalue weighted by Gasteiger charge is -2.25. The van der Waals surface area contributed by atoms with Crippen LogP contribution in [0.2, 0.25) is 0 Å². The molecule has 22 heavy (non-hydrogen) atoms. The summed E-state index contributed by atoms with van der Waals surface area (Å²) in [6.45, 7) is 2.14. The van der Waals surface area contributed by atoms with Crippen LogP contribution in [0.3, 0.4) is 0 Å². The van der Waals surface area contributed by atoms with Crippen LogP contribution in [-0.4, -0.2) is 30.2 Å². The van der Waals surface area contributed by atoms with Crippen molar-refractivity contribution in [1.29, 1.82) is 5.26 Å². The van der Waals surface area contributed by atoms with Crippen molar-refractivity contribution < 1.29 is 9.90 Å². The summed E-state index contributed by atoms with van der Waals surface area (Å²) in [5.41, 5.74) is 1.32. The number of amides is 1. The fraction of sp³-hybridized carbons (Fsp3) is 0.250. The van der Waals surface area contributed by atoms with E-state index in [1.54, 1.807) is 23.3 Å². The average Bonchev–Trinajstić information content (AvgIpc) is 2.94. The minimum Gasteiger partial charge on any atom is -0.392 e. The van der Waals surface area contributed by atoms with Gasteiger partial charge in [-0.3, -0.25) is 4.79 Å². The molecule has 0 aliphatic heterocycles. The second-order valence-corrected chi connectivity index (χ2v) is 5.80. The van der Waals surface area contributed by atoms with E-state index >= 15 is 0 Å². The lowest BCUT2D eigenvalue weighted by Crippen LogP contribution is -2.37. The van der Waals surface area contributed by atoms with Crippen LogP contribution < -0.4 is 10.2 Å². The van der Waals surface area contributed by atoms with Gasteiger partial charge in [0.05, 0.1) is 18.2 Å². The number of aliphatic hydroxyl groups excluding tert-OH is 1. The molecule has 1 aromatic heterocycles. The van der Waals surface area contributed by atoms with Gasteiger partial charge in [0.2, 0.25) is 5.91 Å². The van der Waals surface area contributed by atoms with Gasteiger partial charge in [0.15, 0.2) is 0 Å². The first-order chi connectivity index (χ1) is 10.6. The van der Waals surface area contributed by atoms with E-state index in [1.165, 1.54) is 11.3 Å². The Morgan fingerprint density at radius 2 is 2.14 bits per heavy atom. The molecule has 0 aliphatic carbocycles. The van der Waals surface area contributed by atoms with E-state index in [0.29, 0.717) is 17.1 Å². The van der Waals surface area contributed by atoms with Crippen LogP contribution in [-0.2, 0) is 4.79 Å². The van der Waals surface area contributed by atoms with E-state index in [1.807, 2.05) is 36.4 Å². The van der Waals surface area contributed by atoms with E-state index in [4.69, 9.17) is 5.26 Å². The summed E-state index contributed by atoms with van der Waals surface area (Å²) in [6, 6.07) is 13.2. The quantitative estimate of drug-likeness (QED) is 0.858. The van der Waals surface area contributed by atoms with Crippen LogP contribution in [0.25, 0.3) is 0 Å². The highest BCUT2D eigenvalue weighted by Gasteiger charge is 2.15. The molecule has 0 radical (unpaired) electrons. The maximum Gasteiger partial charge on any atom is 0.244 e. The second kappa shape index (κ2) is 7.59. The van der Waals surface area contributed by atoms with Gasteiger partial charge < -0.3 is 15.3 Å². The first-order valence-electron chi connectivity index (χ1n) is 6.85. The number of hydrogen-bond donors (Lipinski definition) is 2. The lowest BCUT2D eigenvalue weighted by molar-refractivity contribution is -0.115. The molecule has 1 heterocycles. The number of rotatable bonds is 6. The van der Waals surface area contributed by atoms with Gasteiger partial charge in [-0.15, -0.1) is 11.3 Å². The van der Waals surface area contributed by atoms with Crippen molar-refractivity contribution in [2.75, 3.05) is 23.3 Å². The van der Waals surface area contributed by atoms with Crippen LogP contribution in [0, 0.1) is 11.3 Å². The van der Waals surface area contributed by atoms with Gasteiger partial charge in [0.1, 0.15) is 11.1 Å². The fourth-order valence-electron chi connectivity index (χ4n) is 2.05. The van der Waals surface area contributed by atoms with E-state index in [0.717, 1.165) is 5.69 Å². The monoisotopic (exact) mass is 315 g/mol. The molecule has 6 heteroatoms. The Morgan fingerprint density at radius 3 is 2.77 bits per heavy atom. The van der Waals surface area contributed by atoms with Gasteiger partial charge in [0.25, 0.3) is 0 Å². The average molecular weight is 315 g/mol. The molecule has 5 nitrogen and oxygen atoms in total. The zero-order valence-electron chi connectivity index (χ0n) is 12.2. The normalized spacial score (nSPS) is 11.5. The Hall–Kier alpha value is -2.36. The van der Waals surface area contributed by atoms with Crippen molar-refractivity contribution in [3.63, 3.8) is 0 Å². The van der Waals surface area contributed by atoms with Crippen molar-refractivity contribution in [2.45, 2.75) is 13.0 Å². The molecule has 2 aromatic rings. The zero-order valence-corrected chi connectivity index (χ0v) is 13.0. The van der Waals surface area contributed by atoms with E-state index < -0.39 is 6.10 Å². The number of nitrogens with one attached hydrogen (secondary N) is 1. The van der Waals surface area contributed by atoms with Gasteiger partial charge in [-0.05, 0) is 30.5 Å². The molecule has 0 bridgehead atoms. The van der Waals surface area contributed by atoms with Gasteiger partial charge >= 0.3 is 0 Å². The van der Waals surface area contributed by atoms with Crippen molar-refractivity contribution in [3.8, 4) is 6.07 Å². The molecule has 0 spiro atoms. The zero-order chi connectivity index (χ0) is 15.9. The number of nitriles is 1. The van der Waals surface area contributed by atoms with Gasteiger partial charge in [0, 0.05) is 12.2 Å². The number of carbonyl (C=O) groups excluding carboxylic acids is 1. The van der Waals surface area contributed by atoms with Gasteiger partial charge in [-0.25, -0.2) is 0 Å². The molecule has 2 N–H and O–H groups in total. The second-order valence-electron chi connectivity index (χ2n) is 4.89. The molecule has 0 saturated carbocycles. The standard InChI is InChI=1S/C16H17N3O2S/c1-12(20)10-19(14-5-3-2-4-6-14)11-15(21)18-16-13(9-17)7-8-22-16/h2-8,12,20H,10-11H2,1H3,(H,18,21).